The van der Waals surface area contributed by atoms with Crippen molar-refractivity contribution in [2.45, 2.75) is 59.0 Å². The highest BCUT2D eigenvalue weighted by atomic mass is 16.5. The molecule has 1 heterocycles. The van der Waals surface area contributed by atoms with Crippen LogP contribution in [0.5, 0.6) is 0 Å². The van der Waals surface area contributed by atoms with Crippen LogP contribution in [0.15, 0.2) is 53.1 Å². The summed E-state index contributed by atoms with van der Waals surface area (Å²) < 4.78 is 10.4. The maximum absolute atomic E-state index is 13.3. The highest BCUT2D eigenvalue weighted by Gasteiger charge is 2.25. The molecule has 0 fully saturated rings. The minimum Gasteiger partial charge on any atom is -0.467 e. The van der Waals surface area contributed by atoms with Gasteiger partial charge in [-0.25, -0.2) is 0 Å². The van der Waals surface area contributed by atoms with Gasteiger partial charge in [-0.15, -0.1) is 0 Å². The SMILES string of the molecule is CCOC(=O)CCC(=O)N(CC(=O)N(CCc1ccccc1)Cc1ccco1)C(C)CC. The average molecular weight is 443 g/mol. The van der Waals surface area contributed by atoms with E-state index in [1.54, 1.807) is 29.1 Å². The zero-order valence-electron chi connectivity index (χ0n) is 19.3. The maximum Gasteiger partial charge on any atom is 0.306 e. The van der Waals surface area contributed by atoms with Crippen molar-refractivity contribution in [2.75, 3.05) is 19.7 Å². The second kappa shape index (κ2) is 13.3. The molecule has 0 bridgehead atoms. The quantitative estimate of drug-likeness (QED) is 0.441. The Morgan fingerprint density at radius 1 is 1.00 bits per heavy atom. The number of ether oxygens (including phenoxy) is 1. The van der Waals surface area contributed by atoms with Crippen molar-refractivity contribution in [1.82, 2.24) is 9.80 Å². The van der Waals surface area contributed by atoms with E-state index < -0.39 is 5.97 Å². The van der Waals surface area contributed by atoms with Crippen LogP contribution in [0.4, 0.5) is 0 Å². The molecule has 1 aromatic heterocycles. The van der Waals surface area contributed by atoms with Crippen LogP contribution in [0.1, 0.15) is 51.4 Å². The second-order valence-electron chi connectivity index (χ2n) is 7.71. The van der Waals surface area contributed by atoms with Gasteiger partial charge >= 0.3 is 5.97 Å². The van der Waals surface area contributed by atoms with Gasteiger partial charge in [0.1, 0.15) is 12.3 Å². The third-order valence-corrected chi connectivity index (χ3v) is 5.39. The first-order valence-corrected chi connectivity index (χ1v) is 11.2. The fraction of sp³-hybridized carbons (Fsp3) is 0.480. The third-order valence-electron chi connectivity index (χ3n) is 5.39. The summed E-state index contributed by atoms with van der Waals surface area (Å²) in [5, 5.41) is 0. The van der Waals surface area contributed by atoms with Crippen molar-refractivity contribution in [3.8, 4) is 0 Å². The topological polar surface area (TPSA) is 80.1 Å². The van der Waals surface area contributed by atoms with Gasteiger partial charge in [0.25, 0.3) is 0 Å². The molecule has 0 radical (unpaired) electrons. The smallest absolute Gasteiger partial charge is 0.306 e. The van der Waals surface area contributed by atoms with Crippen LogP contribution in [0.3, 0.4) is 0 Å². The van der Waals surface area contributed by atoms with E-state index in [2.05, 4.69) is 0 Å². The number of carbonyl (C=O) groups excluding carboxylic acids is 3. The van der Waals surface area contributed by atoms with Gasteiger partial charge < -0.3 is 19.0 Å². The lowest BCUT2D eigenvalue weighted by molar-refractivity contribution is -0.147. The Morgan fingerprint density at radius 2 is 1.75 bits per heavy atom. The van der Waals surface area contributed by atoms with Crippen LogP contribution >= 0.6 is 0 Å². The van der Waals surface area contributed by atoms with Gasteiger partial charge in [-0.1, -0.05) is 37.3 Å². The second-order valence-corrected chi connectivity index (χ2v) is 7.71. The van der Waals surface area contributed by atoms with Crippen LogP contribution in [0.25, 0.3) is 0 Å². The molecule has 2 aromatic rings. The minimum atomic E-state index is -0.404. The van der Waals surface area contributed by atoms with Gasteiger partial charge in [0.05, 0.1) is 25.8 Å². The van der Waals surface area contributed by atoms with Gasteiger partial charge in [-0.05, 0) is 44.4 Å². The lowest BCUT2D eigenvalue weighted by atomic mass is 10.1. The van der Waals surface area contributed by atoms with E-state index in [-0.39, 0.29) is 43.8 Å². The zero-order chi connectivity index (χ0) is 23.3. The fourth-order valence-corrected chi connectivity index (χ4v) is 3.33. The fourth-order valence-electron chi connectivity index (χ4n) is 3.33. The molecule has 0 aliphatic carbocycles. The number of esters is 1. The van der Waals surface area contributed by atoms with E-state index in [1.165, 1.54) is 0 Å². The first-order valence-electron chi connectivity index (χ1n) is 11.2. The molecule has 1 unspecified atom stereocenters. The minimum absolute atomic E-state index is 0.0118. The monoisotopic (exact) mass is 442 g/mol. The number of carbonyl (C=O) groups is 3. The Balaban J connectivity index is 2.07. The third kappa shape index (κ3) is 8.21. The summed E-state index contributed by atoms with van der Waals surface area (Å²) in [5.74, 6) is -0.0856. The van der Waals surface area contributed by atoms with Crippen molar-refractivity contribution in [3.05, 3.63) is 60.1 Å². The predicted molar refractivity (Wildman–Crippen MR) is 122 cm³/mol. The molecule has 0 saturated carbocycles. The lowest BCUT2D eigenvalue weighted by Gasteiger charge is -2.31. The molecule has 7 nitrogen and oxygen atoms in total. The molecule has 32 heavy (non-hydrogen) atoms. The summed E-state index contributed by atoms with van der Waals surface area (Å²) in [7, 11) is 0. The molecule has 174 valence electrons. The Morgan fingerprint density at radius 3 is 2.38 bits per heavy atom. The summed E-state index contributed by atoms with van der Waals surface area (Å²) >= 11 is 0. The van der Waals surface area contributed by atoms with E-state index >= 15 is 0 Å². The summed E-state index contributed by atoms with van der Waals surface area (Å²) in [6, 6.07) is 13.5. The Labute approximate surface area is 190 Å². The van der Waals surface area contributed by atoms with Crippen LogP contribution in [0.2, 0.25) is 0 Å². The molecule has 1 aromatic carbocycles. The molecule has 7 heteroatoms. The van der Waals surface area contributed by atoms with Crippen molar-refractivity contribution in [2.24, 2.45) is 0 Å². The van der Waals surface area contributed by atoms with E-state index in [0.29, 0.717) is 31.7 Å². The van der Waals surface area contributed by atoms with Crippen LogP contribution in [-0.2, 0) is 32.1 Å². The van der Waals surface area contributed by atoms with Crippen molar-refractivity contribution < 1.29 is 23.5 Å². The van der Waals surface area contributed by atoms with Gasteiger partial charge in [-0.3, -0.25) is 14.4 Å². The number of furan rings is 1. The van der Waals surface area contributed by atoms with Gasteiger partial charge in [0.15, 0.2) is 0 Å². The molecular formula is C25H34N2O5. The molecule has 0 saturated heterocycles. The average Bonchev–Trinajstić information content (AvgIpc) is 3.32. The Kier molecular flexibility index (Phi) is 10.5. The first kappa shape index (κ1) is 25.2. The van der Waals surface area contributed by atoms with Crippen molar-refractivity contribution >= 4 is 17.8 Å². The molecule has 2 rings (SSSR count). The Hall–Kier alpha value is -3.09. The normalized spacial score (nSPS) is 11.6. The van der Waals surface area contributed by atoms with Crippen molar-refractivity contribution in [1.29, 1.82) is 0 Å². The summed E-state index contributed by atoms with van der Waals surface area (Å²) in [4.78, 5) is 41.1. The van der Waals surface area contributed by atoms with E-state index in [9.17, 15) is 14.4 Å². The summed E-state index contributed by atoms with van der Waals surface area (Å²) in [6.07, 6.45) is 3.03. The van der Waals surface area contributed by atoms with Gasteiger partial charge in [-0.2, -0.15) is 0 Å². The molecule has 0 spiro atoms. The number of hydrogen-bond donors (Lipinski definition) is 0. The summed E-state index contributed by atoms with van der Waals surface area (Å²) in [6.45, 7) is 6.70. The molecule has 0 N–H and O–H groups in total. The summed E-state index contributed by atoms with van der Waals surface area (Å²) in [5.41, 5.74) is 1.13. The largest absolute Gasteiger partial charge is 0.467 e. The standard InChI is InChI=1S/C25H34N2O5/c1-4-20(3)27(23(28)13-14-25(30)31-5-2)19-24(29)26(18-22-12-9-17-32-22)16-15-21-10-7-6-8-11-21/h6-12,17,20H,4-5,13-16,18-19H2,1-3H3. The predicted octanol–water partition coefficient (Wildman–Crippen LogP) is 3.82. The highest BCUT2D eigenvalue weighted by Crippen LogP contribution is 2.13. The zero-order valence-corrected chi connectivity index (χ0v) is 19.3. The number of hydrogen-bond acceptors (Lipinski definition) is 5. The molecular weight excluding hydrogens is 408 g/mol. The van der Waals surface area contributed by atoms with Crippen LogP contribution < -0.4 is 0 Å². The molecule has 0 aliphatic heterocycles. The van der Waals surface area contributed by atoms with Gasteiger partial charge in [0.2, 0.25) is 11.8 Å². The number of benzene rings is 1. The molecule has 2 amide bonds. The van der Waals surface area contributed by atoms with E-state index in [0.717, 1.165) is 5.56 Å². The number of rotatable bonds is 13. The van der Waals surface area contributed by atoms with Crippen molar-refractivity contribution in [3.63, 3.8) is 0 Å². The Bertz CT molecular complexity index is 835. The van der Waals surface area contributed by atoms with Gasteiger partial charge in [0, 0.05) is 19.0 Å². The molecule has 0 aliphatic rings. The van der Waals surface area contributed by atoms with E-state index in [4.69, 9.17) is 9.15 Å². The molecule has 1 atom stereocenters. The van der Waals surface area contributed by atoms with Crippen LogP contribution in [0, 0.1) is 0 Å². The van der Waals surface area contributed by atoms with Crippen LogP contribution in [-0.4, -0.2) is 53.3 Å². The van der Waals surface area contributed by atoms with E-state index in [1.807, 2.05) is 50.2 Å². The number of amides is 2. The first-order chi connectivity index (χ1) is 15.4. The number of nitrogens with zero attached hydrogens (tertiary/aromatic N) is 2. The highest BCUT2D eigenvalue weighted by molar-refractivity contribution is 5.86. The maximum atomic E-state index is 13.3. The lowest BCUT2D eigenvalue weighted by Crippen LogP contribution is -2.46.